The van der Waals surface area contributed by atoms with Crippen molar-refractivity contribution in [1.29, 1.82) is 0 Å². The largest absolute Gasteiger partial charge is 0.464 e. The molecule has 1 aliphatic rings. The molecule has 0 amide bonds. The number of aromatic nitrogens is 2. The molecule has 166 valence electrons. The summed E-state index contributed by atoms with van der Waals surface area (Å²) in [4.78, 5) is 29.6. The number of carbonyl (C=O) groups excluding carboxylic acids is 1. The number of thioether (sulfide) groups is 1. The summed E-state index contributed by atoms with van der Waals surface area (Å²) < 4.78 is 47.1. The van der Waals surface area contributed by atoms with Crippen LogP contribution in [0.3, 0.4) is 0 Å². The Morgan fingerprint density at radius 1 is 1.43 bits per heavy atom. The number of rotatable bonds is 10. The van der Waals surface area contributed by atoms with Gasteiger partial charge in [0.25, 0.3) is 0 Å². The van der Waals surface area contributed by atoms with Gasteiger partial charge in [0.05, 0.1) is 24.1 Å². The fraction of sp³-hybridized carbons (Fsp3) is 0.562. The average molecular weight is 471 g/mol. The lowest BCUT2D eigenvalue weighted by Gasteiger charge is -2.15. The Morgan fingerprint density at radius 2 is 2.17 bits per heavy atom. The van der Waals surface area contributed by atoms with E-state index >= 15 is 0 Å². The van der Waals surface area contributed by atoms with Gasteiger partial charge < -0.3 is 14.8 Å². The van der Waals surface area contributed by atoms with Gasteiger partial charge in [-0.15, -0.1) is 0 Å². The van der Waals surface area contributed by atoms with Crippen LogP contribution < -0.4 is 5.32 Å². The monoisotopic (exact) mass is 470 g/mol. The molecule has 2 atom stereocenters. The molecule has 1 aromatic rings. The maximum absolute atomic E-state index is 12.3. The number of halogens is 4. The van der Waals surface area contributed by atoms with E-state index in [9.17, 15) is 28.1 Å². The van der Waals surface area contributed by atoms with Crippen LogP contribution in [-0.2, 0) is 14.3 Å². The summed E-state index contributed by atoms with van der Waals surface area (Å²) in [6, 6.07) is -0.435. The second-order valence-electron chi connectivity index (χ2n) is 5.99. The van der Waals surface area contributed by atoms with Gasteiger partial charge in [-0.1, -0.05) is 35.5 Å². The molecule has 1 heterocycles. The molecule has 0 aliphatic heterocycles. The van der Waals surface area contributed by atoms with E-state index in [1.54, 1.807) is 19.1 Å². The highest BCUT2D eigenvalue weighted by atomic mass is 35.5. The highest BCUT2D eigenvalue weighted by Gasteiger charge is 2.29. The number of hydrogen-bond acceptors (Lipinski definition) is 9. The van der Waals surface area contributed by atoms with E-state index in [1.807, 2.05) is 0 Å². The van der Waals surface area contributed by atoms with Gasteiger partial charge in [-0.3, -0.25) is 10.1 Å². The van der Waals surface area contributed by atoms with Crippen molar-refractivity contribution < 1.29 is 32.4 Å². The minimum absolute atomic E-state index is 0.116. The SMILES string of the molecule is CCOC(=O)CO[C@@H]1C=C[C@@H](Nc2nc(SCCC(F)(F)F)nc(Cl)c2[N+](=O)[O-])C1. The lowest BCUT2D eigenvalue weighted by Crippen LogP contribution is -2.22. The molecule has 30 heavy (non-hydrogen) atoms. The lowest BCUT2D eigenvalue weighted by molar-refractivity contribution is -0.384. The van der Waals surface area contributed by atoms with Crippen LogP contribution in [0.15, 0.2) is 17.3 Å². The normalized spacial score (nSPS) is 18.4. The van der Waals surface area contributed by atoms with Gasteiger partial charge in [0.1, 0.15) is 6.61 Å². The number of nitro groups is 1. The van der Waals surface area contributed by atoms with E-state index in [-0.39, 0.29) is 29.9 Å². The van der Waals surface area contributed by atoms with Crippen LogP contribution in [0, 0.1) is 10.1 Å². The molecule has 0 bridgehead atoms. The summed E-state index contributed by atoms with van der Waals surface area (Å²) in [6.07, 6.45) is -2.15. The fourth-order valence-electron chi connectivity index (χ4n) is 2.44. The first-order valence-corrected chi connectivity index (χ1v) is 10.1. The summed E-state index contributed by atoms with van der Waals surface area (Å²) in [5.41, 5.74) is -0.582. The van der Waals surface area contributed by atoms with Crippen LogP contribution in [0.2, 0.25) is 5.15 Å². The molecule has 0 saturated heterocycles. The van der Waals surface area contributed by atoms with Crippen molar-refractivity contribution in [1.82, 2.24) is 9.97 Å². The zero-order valence-electron chi connectivity index (χ0n) is 15.6. The highest BCUT2D eigenvalue weighted by Crippen LogP contribution is 2.34. The fourth-order valence-corrected chi connectivity index (χ4v) is 3.56. The molecule has 1 aromatic heterocycles. The minimum Gasteiger partial charge on any atom is -0.464 e. The first-order valence-electron chi connectivity index (χ1n) is 8.72. The van der Waals surface area contributed by atoms with Gasteiger partial charge in [0.15, 0.2) is 5.16 Å². The molecule has 1 N–H and O–H groups in total. The van der Waals surface area contributed by atoms with Gasteiger partial charge in [-0.05, 0) is 6.92 Å². The summed E-state index contributed by atoms with van der Waals surface area (Å²) in [5.74, 6) is -1.08. The number of carbonyl (C=O) groups is 1. The molecule has 0 fully saturated rings. The van der Waals surface area contributed by atoms with Crippen LogP contribution in [0.5, 0.6) is 0 Å². The molecule has 0 spiro atoms. The van der Waals surface area contributed by atoms with E-state index in [0.717, 1.165) is 0 Å². The van der Waals surface area contributed by atoms with E-state index in [1.165, 1.54) is 0 Å². The third-order valence-corrected chi connectivity index (χ3v) is 4.82. The van der Waals surface area contributed by atoms with Crippen LogP contribution >= 0.6 is 23.4 Å². The predicted octanol–water partition coefficient (Wildman–Crippen LogP) is 3.77. The maximum Gasteiger partial charge on any atom is 0.389 e. The third kappa shape index (κ3) is 7.61. The van der Waals surface area contributed by atoms with Crippen molar-refractivity contribution in [2.24, 2.45) is 0 Å². The standard InChI is InChI=1S/C16H18ClF3N4O5S/c1-2-28-11(25)8-29-10-4-3-9(7-10)21-14-12(24(26)27)13(17)22-15(23-14)30-6-5-16(18,19)20/h3-4,9-10H,2,5-8H2,1H3,(H,21,22,23)/t9-,10-/m1/s1. The van der Waals surface area contributed by atoms with Gasteiger partial charge in [-0.2, -0.15) is 18.2 Å². The quantitative estimate of drug-likeness (QED) is 0.104. The van der Waals surface area contributed by atoms with Crippen LogP contribution in [0.4, 0.5) is 24.7 Å². The summed E-state index contributed by atoms with van der Waals surface area (Å²) in [6.45, 7) is 1.66. The molecule has 1 aliphatic carbocycles. The first-order chi connectivity index (χ1) is 14.1. The van der Waals surface area contributed by atoms with E-state index in [0.29, 0.717) is 18.2 Å². The molecule has 14 heteroatoms. The molecular formula is C16H18ClF3N4O5S. The van der Waals surface area contributed by atoms with E-state index in [2.05, 4.69) is 15.3 Å². The Bertz CT molecular complexity index is 812. The number of alkyl halides is 3. The number of hydrogen-bond donors (Lipinski definition) is 1. The van der Waals surface area contributed by atoms with Crippen molar-refractivity contribution in [2.45, 2.75) is 43.2 Å². The molecule has 0 radical (unpaired) electrons. The van der Waals surface area contributed by atoms with Crippen LogP contribution in [0.1, 0.15) is 19.8 Å². The molecule has 0 saturated carbocycles. The van der Waals surface area contributed by atoms with Crippen LogP contribution in [0.25, 0.3) is 0 Å². The Balaban J connectivity index is 2.04. The van der Waals surface area contributed by atoms with Crippen molar-refractivity contribution in [3.63, 3.8) is 0 Å². The third-order valence-electron chi connectivity index (χ3n) is 3.71. The maximum atomic E-state index is 12.3. The second kappa shape index (κ2) is 10.8. The minimum atomic E-state index is -4.34. The van der Waals surface area contributed by atoms with Gasteiger partial charge in [-0.25, -0.2) is 9.78 Å². The van der Waals surface area contributed by atoms with E-state index < -0.39 is 46.5 Å². The zero-order chi connectivity index (χ0) is 22.3. The zero-order valence-corrected chi connectivity index (χ0v) is 17.2. The summed E-state index contributed by atoms with van der Waals surface area (Å²) in [7, 11) is 0. The molecule has 9 nitrogen and oxygen atoms in total. The number of nitrogens with one attached hydrogen (secondary N) is 1. The van der Waals surface area contributed by atoms with Gasteiger partial charge in [0.2, 0.25) is 11.0 Å². The first kappa shape index (κ1) is 24.2. The smallest absolute Gasteiger partial charge is 0.389 e. The lowest BCUT2D eigenvalue weighted by atomic mass is 10.2. The van der Waals surface area contributed by atoms with Crippen molar-refractivity contribution in [3.8, 4) is 0 Å². The van der Waals surface area contributed by atoms with Gasteiger partial charge in [0, 0.05) is 18.2 Å². The molecule has 0 unspecified atom stereocenters. The summed E-state index contributed by atoms with van der Waals surface area (Å²) in [5, 5.41) is 13.6. The topological polar surface area (TPSA) is 116 Å². The van der Waals surface area contributed by atoms with Crippen LogP contribution in [-0.4, -0.2) is 58.1 Å². The Labute approximate surface area is 178 Å². The molecular weight excluding hydrogens is 453 g/mol. The van der Waals surface area contributed by atoms with Gasteiger partial charge >= 0.3 is 17.8 Å². The molecule has 2 rings (SSSR count). The second-order valence-corrected chi connectivity index (χ2v) is 7.41. The van der Waals surface area contributed by atoms with Crippen molar-refractivity contribution in [2.75, 3.05) is 24.3 Å². The number of nitrogens with zero attached hydrogens (tertiary/aromatic N) is 3. The molecule has 0 aromatic carbocycles. The Hall–Kier alpha value is -2.12. The Kier molecular flexibility index (Phi) is 8.67. The highest BCUT2D eigenvalue weighted by molar-refractivity contribution is 7.99. The van der Waals surface area contributed by atoms with Crippen molar-refractivity contribution >= 4 is 40.8 Å². The predicted molar refractivity (Wildman–Crippen MR) is 103 cm³/mol. The summed E-state index contributed by atoms with van der Waals surface area (Å²) >= 11 is 6.55. The van der Waals surface area contributed by atoms with E-state index in [4.69, 9.17) is 21.1 Å². The number of esters is 1. The number of ether oxygens (including phenoxy) is 2. The van der Waals surface area contributed by atoms with Crippen molar-refractivity contribution in [3.05, 3.63) is 27.4 Å². The number of anilines is 1. The Morgan fingerprint density at radius 3 is 2.80 bits per heavy atom. The average Bonchev–Trinajstić information content (AvgIpc) is 3.06.